The molecule has 0 radical (unpaired) electrons. The van der Waals surface area contributed by atoms with Crippen molar-refractivity contribution in [2.75, 3.05) is 13.7 Å². The highest BCUT2D eigenvalue weighted by Gasteiger charge is 2.21. The van der Waals surface area contributed by atoms with Crippen molar-refractivity contribution in [2.45, 2.75) is 26.8 Å². The Balaban J connectivity index is 2.51. The molecule has 0 fully saturated rings. The van der Waals surface area contributed by atoms with Crippen LogP contribution in [0.25, 0.3) is 0 Å². The Kier molecular flexibility index (Phi) is 5.08. The summed E-state index contributed by atoms with van der Waals surface area (Å²) in [4.78, 5) is 1.21. The number of benzene rings is 1. The summed E-state index contributed by atoms with van der Waals surface area (Å²) < 4.78 is 5.47. The van der Waals surface area contributed by atoms with Crippen molar-refractivity contribution >= 4 is 22.9 Å². The maximum atomic E-state index is 6.21. The first-order chi connectivity index (χ1) is 9.58. The van der Waals surface area contributed by atoms with Crippen molar-refractivity contribution in [3.05, 3.63) is 50.2 Å². The zero-order chi connectivity index (χ0) is 14.7. The molecule has 0 aliphatic heterocycles. The minimum Gasteiger partial charge on any atom is -0.496 e. The zero-order valence-electron chi connectivity index (χ0n) is 12.3. The van der Waals surface area contributed by atoms with Crippen molar-refractivity contribution in [2.24, 2.45) is 0 Å². The maximum absolute atomic E-state index is 6.21. The Morgan fingerprint density at radius 3 is 2.70 bits per heavy atom. The quantitative estimate of drug-likeness (QED) is 0.862. The average molecular weight is 310 g/mol. The maximum Gasteiger partial charge on any atom is 0.134 e. The van der Waals surface area contributed by atoms with Gasteiger partial charge in [-0.25, -0.2) is 0 Å². The molecule has 1 atom stereocenters. The van der Waals surface area contributed by atoms with E-state index < -0.39 is 0 Å². The number of hydrogen-bond donors (Lipinski definition) is 1. The van der Waals surface area contributed by atoms with Gasteiger partial charge in [0.1, 0.15) is 5.75 Å². The van der Waals surface area contributed by atoms with Crippen LogP contribution in [0.3, 0.4) is 0 Å². The number of nitrogens with one attached hydrogen (secondary N) is 1. The molecule has 1 heterocycles. The number of ether oxygens (including phenoxy) is 1. The Bertz CT molecular complexity index is 594. The highest BCUT2D eigenvalue weighted by molar-refractivity contribution is 7.10. The first-order valence-electron chi connectivity index (χ1n) is 6.69. The zero-order valence-corrected chi connectivity index (χ0v) is 13.9. The first-order valence-corrected chi connectivity index (χ1v) is 7.95. The molecule has 0 aliphatic rings. The first kappa shape index (κ1) is 15.4. The summed E-state index contributed by atoms with van der Waals surface area (Å²) in [6.07, 6.45) is 0. The van der Waals surface area contributed by atoms with Gasteiger partial charge in [-0.1, -0.05) is 24.6 Å². The van der Waals surface area contributed by atoms with Crippen LogP contribution in [0, 0.1) is 13.8 Å². The molecule has 2 aromatic rings. The highest BCUT2D eigenvalue weighted by Crippen LogP contribution is 2.37. The second-order valence-electron chi connectivity index (χ2n) is 4.80. The molecule has 1 aromatic heterocycles. The lowest BCUT2D eigenvalue weighted by atomic mass is 9.97. The fraction of sp³-hybridized carbons (Fsp3) is 0.375. The van der Waals surface area contributed by atoms with E-state index in [0.29, 0.717) is 0 Å². The van der Waals surface area contributed by atoms with Crippen LogP contribution in [-0.2, 0) is 0 Å². The SMILES string of the molecule is CCNC(c1cc(C)c(Cl)cc1C)c1sccc1OC. The molecule has 0 bridgehead atoms. The Labute approximate surface area is 129 Å². The lowest BCUT2D eigenvalue weighted by Crippen LogP contribution is -2.22. The highest BCUT2D eigenvalue weighted by atomic mass is 35.5. The predicted molar refractivity (Wildman–Crippen MR) is 87.3 cm³/mol. The van der Waals surface area contributed by atoms with E-state index in [4.69, 9.17) is 16.3 Å². The van der Waals surface area contributed by atoms with Gasteiger partial charge in [0.15, 0.2) is 0 Å². The molecular formula is C16H20ClNOS. The molecule has 1 aromatic carbocycles. The van der Waals surface area contributed by atoms with E-state index in [1.807, 2.05) is 19.1 Å². The van der Waals surface area contributed by atoms with Crippen LogP contribution in [-0.4, -0.2) is 13.7 Å². The minimum absolute atomic E-state index is 0.144. The van der Waals surface area contributed by atoms with E-state index in [0.717, 1.165) is 22.9 Å². The summed E-state index contributed by atoms with van der Waals surface area (Å²) in [5.41, 5.74) is 3.56. The van der Waals surface area contributed by atoms with Crippen LogP contribution in [0.15, 0.2) is 23.6 Å². The van der Waals surface area contributed by atoms with Gasteiger partial charge in [-0.3, -0.25) is 0 Å². The van der Waals surface area contributed by atoms with Gasteiger partial charge in [-0.05, 0) is 54.6 Å². The molecule has 0 saturated carbocycles. The van der Waals surface area contributed by atoms with Crippen LogP contribution in [0.5, 0.6) is 5.75 Å². The fourth-order valence-corrected chi connectivity index (χ4v) is 3.52. The summed E-state index contributed by atoms with van der Waals surface area (Å²) in [6.45, 7) is 7.16. The van der Waals surface area contributed by atoms with Gasteiger partial charge in [0.05, 0.1) is 18.0 Å². The molecule has 4 heteroatoms. The summed E-state index contributed by atoms with van der Waals surface area (Å²) in [7, 11) is 1.72. The normalized spacial score (nSPS) is 12.4. The third-order valence-electron chi connectivity index (χ3n) is 3.41. The van der Waals surface area contributed by atoms with E-state index in [-0.39, 0.29) is 6.04 Å². The van der Waals surface area contributed by atoms with Crippen LogP contribution in [0.4, 0.5) is 0 Å². The molecule has 0 amide bonds. The van der Waals surface area contributed by atoms with Crippen LogP contribution < -0.4 is 10.1 Å². The van der Waals surface area contributed by atoms with Crippen LogP contribution >= 0.6 is 22.9 Å². The fourth-order valence-electron chi connectivity index (χ4n) is 2.35. The molecular weight excluding hydrogens is 290 g/mol. The van der Waals surface area contributed by atoms with Gasteiger partial charge in [0.25, 0.3) is 0 Å². The standard InChI is InChI=1S/C16H20ClNOS/c1-5-18-15(16-14(19-4)6-7-20-16)12-8-11(3)13(17)9-10(12)2/h6-9,15,18H,5H2,1-4H3. The van der Waals surface area contributed by atoms with Crippen LogP contribution in [0.1, 0.15) is 34.5 Å². The number of halogens is 1. The van der Waals surface area contributed by atoms with Crippen molar-refractivity contribution in [1.29, 1.82) is 0 Å². The Hall–Kier alpha value is -1.03. The smallest absolute Gasteiger partial charge is 0.134 e. The molecule has 2 rings (SSSR count). The number of aryl methyl sites for hydroxylation is 2. The Morgan fingerprint density at radius 2 is 2.05 bits per heavy atom. The van der Waals surface area contributed by atoms with Crippen molar-refractivity contribution in [3.63, 3.8) is 0 Å². The van der Waals surface area contributed by atoms with E-state index >= 15 is 0 Å². The molecule has 1 unspecified atom stereocenters. The van der Waals surface area contributed by atoms with Gasteiger partial charge in [0, 0.05) is 5.02 Å². The lowest BCUT2D eigenvalue weighted by molar-refractivity contribution is 0.408. The third-order valence-corrected chi connectivity index (χ3v) is 4.78. The van der Waals surface area contributed by atoms with Crippen molar-refractivity contribution in [1.82, 2.24) is 5.32 Å². The molecule has 0 spiro atoms. The third kappa shape index (κ3) is 3.00. The second kappa shape index (κ2) is 6.61. The largest absolute Gasteiger partial charge is 0.496 e. The predicted octanol–water partition coefficient (Wildman–Crippen LogP) is 4.73. The summed E-state index contributed by atoms with van der Waals surface area (Å²) in [5.74, 6) is 0.938. The van der Waals surface area contributed by atoms with E-state index in [2.05, 4.69) is 30.6 Å². The van der Waals surface area contributed by atoms with Gasteiger partial charge < -0.3 is 10.1 Å². The van der Waals surface area contributed by atoms with Gasteiger partial charge in [-0.15, -0.1) is 11.3 Å². The summed E-state index contributed by atoms with van der Waals surface area (Å²) in [6, 6.07) is 6.37. The number of hydrogen-bond acceptors (Lipinski definition) is 3. The lowest BCUT2D eigenvalue weighted by Gasteiger charge is -2.21. The van der Waals surface area contributed by atoms with E-state index in [9.17, 15) is 0 Å². The molecule has 108 valence electrons. The van der Waals surface area contributed by atoms with Crippen molar-refractivity contribution < 1.29 is 4.74 Å². The molecule has 1 N–H and O–H groups in total. The Morgan fingerprint density at radius 1 is 1.30 bits per heavy atom. The molecule has 0 saturated heterocycles. The second-order valence-corrected chi connectivity index (χ2v) is 6.16. The van der Waals surface area contributed by atoms with Crippen LogP contribution in [0.2, 0.25) is 5.02 Å². The number of thiophene rings is 1. The molecule has 0 aliphatic carbocycles. The number of rotatable bonds is 5. The molecule has 20 heavy (non-hydrogen) atoms. The van der Waals surface area contributed by atoms with E-state index in [1.54, 1.807) is 18.4 Å². The summed E-state index contributed by atoms with van der Waals surface area (Å²) in [5, 5.41) is 6.44. The summed E-state index contributed by atoms with van der Waals surface area (Å²) >= 11 is 7.92. The monoisotopic (exact) mass is 309 g/mol. The number of methoxy groups -OCH3 is 1. The molecule has 2 nitrogen and oxygen atoms in total. The average Bonchev–Trinajstić information content (AvgIpc) is 2.88. The van der Waals surface area contributed by atoms with Gasteiger partial charge in [0.2, 0.25) is 0 Å². The van der Waals surface area contributed by atoms with E-state index in [1.165, 1.54) is 16.0 Å². The topological polar surface area (TPSA) is 21.3 Å². The van der Waals surface area contributed by atoms with Crippen molar-refractivity contribution in [3.8, 4) is 5.75 Å². The van der Waals surface area contributed by atoms with Gasteiger partial charge >= 0.3 is 0 Å². The minimum atomic E-state index is 0.144. The van der Waals surface area contributed by atoms with Gasteiger partial charge in [-0.2, -0.15) is 0 Å².